The summed E-state index contributed by atoms with van der Waals surface area (Å²) in [4.78, 5) is 21.4. The van der Waals surface area contributed by atoms with Gasteiger partial charge >= 0.3 is 0 Å². The molecule has 7 nitrogen and oxygen atoms in total. The number of hydrogen-bond donors (Lipinski definition) is 3. The molecule has 134 valence electrons. The third-order valence-corrected chi connectivity index (χ3v) is 4.19. The van der Waals surface area contributed by atoms with Crippen molar-refractivity contribution in [2.75, 3.05) is 18.0 Å². The van der Waals surface area contributed by atoms with E-state index in [1.54, 1.807) is 36.7 Å². The molecule has 1 heterocycles. The molecule has 1 aromatic heterocycles. The summed E-state index contributed by atoms with van der Waals surface area (Å²) < 4.78 is 0. The van der Waals surface area contributed by atoms with Crippen LogP contribution >= 0.6 is 0 Å². The van der Waals surface area contributed by atoms with Crippen molar-refractivity contribution in [3.05, 3.63) is 53.9 Å². The first-order chi connectivity index (χ1) is 12.6. The standard InChI is InChI=1S/C19H21N5O2/c1-3-24(4-2)15-7-5-14(18(25)10-15)11-22-23-19(26)13-6-8-16-17(9-13)21-12-20-16/h5-12,25H,3-4H2,1-2H3,(H,20,21)(H,23,26)/b22-11-. The second-order valence-electron chi connectivity index (χ2n) is 5.75. The Bertz CT molecular complexity index is 944. The first kappa shape index (κ1) is 17.5. The molecule has 1 amide bonds. The van der Waals surface area contributed by atoms with Gasteiger partial charge in [-0.05, 0) is 44.2 Å². The van der Waals surface area contributed by atoms with Crippen LogP contribution in [0.3, 0.4) is 0 Å². The molecule has 26 heavy (non-hydrogen) atoms. The topological polar surface area (TPSA) is 93.6 Å². The molecule has 0 spiro atoms. The largest absolute Gasteiger partial charge is 0.507 e. The minimum atomic E-state index is -0.336. The molecule has 0 saturated carbocycles. The van der Waals surface area contributed by atoms with E-state index >= 15 is 0 Å². The van der Waals surface area contributed by atoms with E-state index in [2.05, 4.69) is 39.2 Å². The fraction of sp³-hybridized carbons (Fsp3) is 0.211. The molecule has 2 aromatic carbocycles. The Balaban J connectivity index is 1.68. The highest BCUT2D eigenvalue weighted by Crippen LogP contribution is 2.23. The zero-order valence-electron chi connectivity index (χ0n) is 14.7. The monoisotopic (exact) mass is 351 g/mol. The number of carbonyl (C=O) groups is 1. The lowest BCUT2D eigenvalue weighted by Crippen LogP contribution is -2.21. The summed E-state index contributed by atoms with van der Waals surface area (Å²) in [7, 11) is 0. The van der Waals surface area contributed by atoms with Crippen molar-refractivity contribution in [2.24, 2.45) is 5.10 Å². The van der Waals surface area contributed by atoms with Crippen molar-refractivity contribution in [3.63, 3.8) is 0 Å². The molecular formula is C19H21N5O2. The van der Waals surface area contributed by atoms with Gasteiger partial charge in [0.2, 0.25) is 0 Å². The molecule has 0 saturated heterocycles. The number of nitrogens with one attached hydrogen (secondary N) is 2. The highest BCUT2D eigenvalue weighted by molar-refractivity contribution is 5.97. The number of hydrogen-bond acceptors (Lipinski definition) is 5. The molecule has 0 aliphatic rings. The number of anilines is 1. The van der Waals surface area contributed by atoms with E-state index in [4.69, 9.17) is 0 Å². The Hall–Kier alpha value is -3.35. The lowest BCUT2D eigenvalue weighted by atomic mass is 10.2. The van der Waals surface area contributed by atoms with Gasteiger partial charge in [0, 0.05) is 36.0 Å². The SMILES string of the molecule is CCN(CC)c1ccc(/C=N\NC(=O)c2ccc3nc[nH]c3c2)c(O)c1. The third-order valence-electron chi connectivity index (χ3n) is 4.19. The lowest BCUT2D eigenvalue weighted by Gasteiger charge is -2.21. The molecule has 0 aliphatic heterocycles. The van der Waals surface area contributed by atoms with E-state index in [0.29, 0.717) is 11.1 Å². The van der Waals surface area contributed by atoms with E-state index in [1.807, 2.05) is 6.07 Å². The smallest absolute Gasteiger partial charge is 0.271 e. The van der Waals surface area contributed by atoms with Crippen molar-refractivity contribution in [2.45, 2.75) is 13.8 Å². The molecule has 0 unspecified atom stereocenters. The van der Waals surface area contributed by atoms with Gasteiger partial charge in [0.05, 0.1) is 23.6 Å². The number of carbonyl (C=O) groups excluding carboxylic acids is 1. The van der Waals surface area contributed by atoms with Crippen LogP contribution in [-0.4, -0.2) is 40.3 Å². The maximum absolute atomic E-state index is 12.2. The zero-order valence-corrected chi connectivity index (χ0v) is 14.7. The van der Waals surface area contributed by atoms with Crippen LogP contribution in [0.5, 0.6) is 5.75 Å². The molecular weight excluding hydrogens is 330 g/mol. The Morgan fingerprint density at radius 3 is 2.81 bits per heavy atom. The highest BCUT2D eigenvalue weighted by atomic mass is 16.3. The molecule has 7 heteroatoms. The van der Waals surface area contributed by atoms with Crippen LogP contribution in [0.1, 0.15) is 29.8 Å². The number of nitrogens with zero attached hydrogens (tertiary/aromatic N) is 3. The van der Waals surface area contributed by atoms with Gasteiger partial charge in [-0.15, -0.1) is 0 Å². The van der Waals surface area contributed by atoms with Gasteiger partial charge in [-0.2, -0.15) is 5.10 Å². The molecule has 0 fully saturated rings. The predicted octanol–water partition coefficient (Wildman–Crippen LogP) is 2.88. The van der Waals surface area contributed by atoms with Gasteiger partial charge < -0.3 is 15.0 Å². The van der Waals surface area contributed by atoms with Crippen molar-refractivity contribution < 1.29 is 9.90 Å². The lowest BCUT2D eigenvalue weighted by molar-refractivity contribution is 0.0955. The summed E-state index contributed by atoms with van der Waals surface area (Å²) in [6, 6.07) is 10.6. The van der Waals surface area contributed by atoms with E-state index in [0.717, 1.165) is 29.8 Å². The number of imidazole rings is 1. The summed E-state index contributed by atoms with van der Waals surface area (Å²) >= 11 is 0. The molecule has 0 atom stereocenters. The number of phenolic OH excluding ortho intramolecular Hbond substituents is 1. The van der Waals surface area contributed by atoms with Gasteiger partial charge in [0.25, 0.3) is 5.91 Å². The Morgan fingerprint density at radius 1 is 1.27 bits per heavy atom. The predicted molar refractivity (Wildman–Crippen MR) is 103 cm³/mol. The molecule has 3 aromatic rings. The van der Waals surface area contributed by atoms with Gasteiger partial charge in [-0.1, -0.05) is 0 Å². The average Bonchev–Trinajstić information content (AvgIpc) is 3.12. The fourth-order valence-corrected chi connectivity index (χ4v) is 2.73. The van der Waals surface area contributed by atoms with Crippen molar-refractivity contribution in [1.82, 2.24) is 15.4 Å². The second kappa shape index (κ2) is 7.69. The van der Waals surface area contributed by atoms with Crippen LogP contribution < -0.4 is 10.3 Å². The summed E-state index contributed by atoms with van der Waals surface area (Å²) in [5.74, 6) is -0.219. The van der Waals surface area contributed by atoms with E-state index < -0.39 is 0 Å². The van der Waals surface area contributed by atoms with Crippen LogP contribution in [0.25, 0.3) is 11.0 Å². The summed E-state index contributed by atoms with van der Waals surface area (Å²) in [5.41, 5.74) is 5.99. The quantitative estimate of drug-likeness (QED) is 0.470. The van der Waals surface area contributed by atoms with Crippen LogP contribution in [0.15, 0.2) is 47.8 Å². The minimum absolute atomic E-state index is 0.117. The number of amides is 1. The Kier molecular flexibility index (Phi) is 5.17. The van der Waals surface area contributed by atoms with Crippen LogP contribution in [0.4, 0.5) is 5.69 Å². The number of phenols is 1. The number of H-pyrrole nitrogens is 1. The van der Waals surface area contributed by atoms with Crippen molar-refractivity contribution >= 4 is 28.8 Å². The Labute approximate surface area is 151 Å². The van der Waals surface area contributed by atoms with Gasteiger partial charge in [-0.3, -0.25) is 4.79 Å². The van der Waals surface area contributed by atoms with Crippen LogP contribution in [0, 0.1) is 0 Å². The number of aromatic amines is 1. The number of aromatic nitrogens is 2. The van der Waals surface area contributed by atoms with Crippen molar-refractivity contribution in [1.29, 1.82) is 0 Å². The number of rotatable bonds is 6. The van der Waals surface area contributed by atoms with E-state index in [-0.39, 0.29) is 11.7 Å². The number of aromatic hydroxyl groups is 1. The van der Waals surface area contributed by atoms with Crippen molar-refractivity contribution in [3.8, 4) is 5.75 Å². The first-order valence-electron chi connectivity index (χ1n) is 8.47. The second-order valence-corrected chi connectivity index (χ2v) is 5.75. The van der Waals surface area contributed by atoms with E-state index in [1.165, 1.54) is 6.21 Å². The summed E-state index contributed by atoms with van der Waals surface area (Å²) in [6.07, 6.45) is 3.00. The highest BCUT2D eigenvalue weighted by Gasteiger charge is 2.08. The fourth-order valence-electron chi connectivity index (χ4n) is 2.73. The molecule has 3 rings (SSSR count). The first-order valence-corrected chi connectivity index (χ1v) is 8.47. The van der Waals surface area contributed by atoms with Gasteiger partial charge in [0.15, 0.2) is 0 Å². The third kappa shape index (κ3) is 3.66. The number of benzene rings is 2. The summed E-state index contributed by atoms with van der Waals surface area (Å²) in [5, 5.41) is 14.1. The Morgan fingerprint density at radius 2 is 2.08 bits per heavy atom. The average molecular weight is 351 g/mol. The van der Waals surface area contributed by atoms with Gasteiger partial charge in [-0.25, -0.2) is 10.4 Å². The maximum atomic E-state index is 12.2. The minimum Gasteiger partial charge on any atom is -0.507 e. The number of fused-ring (bicyclic) bond motifs is 1. The normalized spacial score (nSPS) is 11.2. The van der Waals surface area contributed by atoms with Crippen LogP contribution in [0.2, 0.25) is 0 Å². The molecule has 0 radical (unpaired) electrons. The van der Waals surface area contributed by atoms with Crippen LogP contribution in [-0.2, 0) is 0 Å². The molecule has 0 aliphatic carbocycles. The van der Waals surface area contributed by atoms with E-state index in [9.17, 15) is 9.90 Å². The number of hydrazone groups is 1. The maximum Gasteiger partial charge on any atom is 0.271 e. The molecule has 3 N–H and O–H groups in total. The molecule has 0 bridgehead atoms. The summed E-state index contributed by atoms with van der Waals surface area (Å²) in [6.45, 7) is 5.85. The zero-order chi connectivity index (χ0) is 18.5. The van der Waals surface area contributed by atoms with Gasteiger partial charge in [0.1, 0.15) is 5.75 Å².